The zero-order chi connectivity index (χ0) is 14.8. The number of hydrogen-bond acceptors (Lipinski definition) is 2. The van der Waals surface area contributed by atoms with Crippen molar-refractivity contribution >= 4 is 0 Å². The Hall–Kier alpha value is -1.02. The highest BCUT2D eigenvalue weighted by Gasteiger charge is 2.50. The summed E-state index contributed by atoms with van der Waals surface area (Å²) in [6.45, 7) is 8.52. The molecule has 0 radical (unpaired) electrons. The summed E-state index contributed by atoms with van der Waals surface area (Å²) < 4.78 is 0. The van der Waals surface area contributed by atoms with Crippen LogP contribution in [0.15, 0.2) is 18.2 Å². The molecule has 0 spiro atoms. The lowest BCUT2D eigenvalue weighted by molar-refractivity contribution is 0.000427. The molecule has 1 saturated carbocycles. The van der Waals surface area contributed by atoms with Crippen molar-refractivity contribution in [3.8, 4) is 5.75 Å². The molecule has 2 nitrogen and oxygen atoms in total. The zero-order valence-corrected chi connectivity index (χ0v) is 13.5. The second kappa shape index (κ2) is 4.49. The summed E-state index contributed by atoms with van der Waals surface area (Å²) in [5, 5.41) is 9.90. The van der Waals surface area contributed by atoms with E-state index < -0.39 is 0 Å². The third kappa shape index (κ3) is 1.95. The van der Waals surface area contributed by atoms with Crippen LogP contribution in [0, 0.1) is 11.8 Å². The molecule has 114 valence electrons. The van der Waals surface area contributed by atoms with Crippen LogP contribution in [0.25, 0.3) is 0 Å². The van der Waals surface area contributed by atoms with Crippen molar-refractivity contribution < 1.29 is 5.11 Å². The van der Waals surface area contributed by atoms with Gasteiger partial charge in [-0.05, 0) is 79.7 Å². The lowest BCUT2D eigenvalue weighted by Crippen LogP contribution is -2.60. The summed E-state index contributed by atoms with van der Waals surface area (Å²) in [7, 11) is 0. The summed E-state index contributed by atoms with van der Waals surface area (Å²) in [6, 6.07) is 7.48. The van der Waals surface area contributed by atoms with Gasteiger partial charge in [0.15, 0.2) is 0 Å². The van der Waals surface area contributed by atoms with Crippen LogP contribution in [-0.2, 0) is 11.8 Å². The van der Waals surface area contributed by atoms with Crippen LogP contribution in [0.2, 0.25) is 0 Å². The molecule has 2 unspecified atom stereocenters. The number of phenolic OH excluding ortho intramolecular Hbond substituents is 1. The molecule has 1 heterocycles. The van der Waals surface area contributed by atoms with E-state index in [0.29, 0.717) is 17.7 Å². The number of nitrogens with zero attached hydrogens (tertiary/aromatic N) is 1. The molecule has 2 aliphatic carbocycles. The SMILES string of the molecule is C[C@H](C1CC1)N1CCC2(C)c3cc(O)ccc3CC1[C@@H]2C. The normalized spacial score (nSPS) is 37.1. The first-order valence-corrected chi connectivity index (χ1v) is 8.59. The van der Waals surface area contributed by atoms with E-state index in [-0.39, 0.29) is 5.41 Å². The average molecular weight is 285 g/mol. The predicted molar refractivity (Wildman–Crippen MR) is 85.6 cm³/mol. The van der Waals surface area contributed by atoms with Gasteiger partial charge < -0.3 is 5.11 Å². The first-order chi connectivity index (χ1) is 10.0. The molecule has 1 aromatic carbocycles. The highest BCUT2D eigenvalue weighted by Crippen LogP contribution is 2.51. The largest absolute Gasteiger partial charge is 0.508 e. The minimum Gasteiger partial charge on any atom is -0.508 e. The van der Waals surface area contributed by atoms with Gasteiger partial charge in [-0.25, -0.2) is 0 Å². The van der Waals surface area contributed by atoms with Crippen molar-refractivity contribution in [2.24, 2.45) is 11.8 Å². The van der Waals surface area contributed by atoms with Crippen LogP contribution in [0.4, 0.5) is 0 Å². The van der Waals surface area contributed by atoms with E-state index in [1.807, 2.05) is 12.1 Å². The maximum absolute atomic E-state index is 9.90. The van der Waals surface area contributed by atoms with E-state index in [4.69, 9.17) is 0 Å². The van der Waals surface area contributed by atoms with Crippen molar-refractivity contribution in [3.63, 3.8) is 0 Å². The Morgan fingerprint density at radius 1 is 1.33 bits per heavy atom. The maximum atomic E-state index is 9.90. The van der Waals surface area contributed by atoms with Gasteiger partial charge in [-0.3, -0.25) is 4.90 Å². The molecule has 1 saturated heterocycles. The molecule has 0 aromatic heterocycles. The number of hydrogen-bond donors (Lipinski definition) is 1. The minimum absolute atomic E-state index is 0.233. The minimum atomic E-state index is 0.233. The molecular formula is C19H27NO. The number of benzene rings is 1. The average Bonchev–Trinajstić information content (AvgIpc) is 3.28. The molecule has 2 fully saturated rings. The monoisotopic (exact) mass is 285 g/mol. The Labute approximate surface area is 128 Å². The van der Waals surface area contributed by atoms with Crippen LogP contribution in [0.5, 0.6) is 5.75 Å². The fourth-order valence-electron chi connectivity index (χ4n) is 5.00. The first kappa shape index (κ1) is 13.6. The highest BCUT2D eigenvalue weighted by atomic mass is 16.3. The van der Waals surface area contributed by atoms with E-state index in [1.165, 1.54) is 36.9 Å². The van der Waals surface area contributed by atoms with Crippen molar-refractivity contribution in [2.75, 3.05) is 6.54 Å². The Balaban J connectivity index is 1.73. The zero-order valence-electron chi connectivity index (χ0n) is 13.5. The van der Waals surface area contributed by atoms with E-state index in [1.54, 1.807) is 0 Å². The Kier molecular flexibility index (Phi) is 2.91. The second-order valence-corrected chi connectivity index (χ2v) is 7.88. The van der Waals surface area contributed by atoms with Gasteiger partial charge in [0, 0.05) is 12.1 Å². The molecule has 1 N–H and O–H groups in total. The fraction of sp³-hybridized carbons (Fsp3) is 0.684. The van der Waals surface area contributed by atoms with Gasteiger partial charge in [0.05, 0.1) is 0 Å². The van der Waals surface area contributed by atoms with Gasteiger partial charge in [-0.2, -0.15) is 0 Å². The van der Waals surface area contributed by atoms with Crippen LogP contribution >= 0.6 is 0 Å². The Morgan fingerprint density at radius 2 is 2.10 bits per heavy atom. The van der Waals surface area contributed by atoms with E-state index in [2.05, 4.69) is 31.7 Å². The van der Waals surface area contributed by atoms with Crippen molar-refractivity contribution in [3.05, 3.63) is 29.3 Å². The predicted octanol–water partition coefficient (Wildman–Crippen LogP) is 3.71. The number of likely N-dealkylation sites (tertiary alicyclic amines) is 1. The lowest BCUT2D eigenvalue weighted by atomic mass is 9.58. The van der Waals surface area contributed by atoms with Gasteiger partial charge in [-0.15, -0.1) is 0 Å². The Morgan fingerprint density at radius 3 is 2.81 bits per heavy atom. The molecule has 4 rings (SSSR count). The van der Waals surface area contributed by atoms with Crippen LogP contribution < -0.4 is 0 Å². The van der Waals surface area contributed by atoms with Crippen LogP contribution in [0.3, 0.4) is 0 Å². The second-order valence-electron chi connectivity index (χ2n) is 7.88. The topological polar surface area (TPSA) is 23.5 Å². The molecule has 2 bridgehead atoms. The smallest absolute Gasteiger partial charge is 0.115 e. The molecule has 2 heteroatoms. The number of phenols is 1. The third-order valence-electron chi connectivity index (χ3n) is 6.86. The van der Waals surface area contributed by atoms with Crippen LogP contribution in [-0.4, -0.2) is 28.6 Å². The van der Waals surface area contributed by atoms with Gasteiger partial charge in [0.25, 0.3) is 0 Å². The van der Waals surface area contributed by atoms with Gasteiger partial charge in [-0.1, -0.05) is 19.9 Å². The molecule has 4 atom stereocenters. The first-order valence-electron chi connectivity index (χ1n) is 8.59. The van der Waals surface area contributed by atoms with E-state index >= 15 is 0 Å². The molecule has 1 aromatic rings. The van der Waals surface area contributed by atoms with Crippen molar-refractivity contribution in [1.82, 2.24) is 4.90 Å². The molecule has 3 aliphatic rings. The highest BCUT2D eigenvalue weighted by molar-refractivity contribution is 5.44. The molecular weight excluding hydrogens is 258 g/mol. The molecule has 21 heavy (non-hydrogen) atoms. The number of rotatable bonds is 2. The summed E-state index contributed by atoms with van der Waals surface area (Å²) in [5.74, 6) is 2.04. The standard InChI is InChI=1S/C19H27NO/c1-12-18-10-15-6-7-16(21)11-17(15)19(12,3)8-9-20(18)13(2)14-4-5-14/h6-7,11-14,18,21H,4-5,8-10H2,1-3H3/t12-,13+,18?,19?/m0/s1. The number of piperidine rings is 1. The van der Waals surface area contributed by atoms with E-state index in [0.717, 1.165) is 18.4 Å². The summed E-state index contributed by atoms with van der Waals surface area (Å²) in [6.07, 6.45) is 5.24. The van der Waals surface area contributed by atoms with Gasteiger partial charge in [0.1, 0.15) is 5.75 Å². The summed E-state index contributed by atoms with van der Waals surface area (Å²) in [5.41, 5.74) is 3.10. The van der Waals surface area contributed by atoms with Crippen molar-refractivity contribution in [2.45, 2.75) is 64.0 Å². The third-order valence-corrected chi connectivity index (χ3v) is 6.86. The number of fused-ring (bicyclic) bond motifs is 4. The maximum Gasteiger partial charge on any atom is 0.115 e. The number of aromatic hydroxyl groups is 1. The summed E-state index contributed by atoms with van der Waals surface area (Å²) >= 11 is 0. The Bertz CT molecular complexity index is 565. The fourth-order valence-corrected chi connectivity index (χ4v) is 5.00. The lowest BCUT2D eigenvalue weighted by Gasteiger charge is -2.56. The molecule has 0 amide bonds. The van der Waals surface area contributed by atoms with Gasteiger partial charge >= 0.3 is 0 Å². The van der Waals surface area contributed by atoms with Gasteiger partial charge in [0.2, 0.25) is 0 Å². The quantitative estimate of drug-likeness (QED) is 0.895. The van der Waals surface area contributed by atoms with E-state index in [9.17, 15) is 5.11 Å². The molecule has 1 aliphatic heterocycles. The van der Waals surface area contributed by atoms with Crippen molar-refractivity contribution in [1.29, 1.82) is 0 Å². The van der Waals surface area contributed by atoms with Crippen LogP contribution in [0.1, 0.15) is 51.2 Å². The summed E-state index contributed by atoms with van der Waals surface area (Å²) in [4.78, 5) is 2.81.